The first-order chi connectivity index (χ1) is 13.0. The van der Waals surface area contributed by atoms with E-state index in [0.29, 0.717) is 24.2 Å². The molecule has 0 aliphatic rings. The first-order valence-corrected chi connectivity index (χ1v) is 10.7. The molecule has 0 atom stereocenters. The summed E-state index contributed by atoms with van der Waals surface area (Å²) in [7, 11) is -2.20. The number of benzene rings is 2. The molecule has 2 aromatic carbocycles. The van der Waals surface area contributed by atoms with Gasteiger partial charge in [0.1, 0.15) is 0 Å². The molecule has 0 saturated heterocycles. The monoisotopic (exact) mass is 400 g/mol. The van der Waals surface area contributed by atoms with Crippen LogP contribution in [0.1, 0.15) is 11.3 Å². The Morgan fingerprint density at radius 3 is 2.52 bits per heavy atom. The van der Waals surface area contributed by atoms with Crippen LogP contribution in [0.15, 0.2) is 77.0 Å². The second-order valence-corrected chi connectivity index (χ2v) is 8.96. The van der Waals surface area contributed by atoms with Gasteiger partial charge in [-0.15, -0.1) is 11.3 Å². The fourth-order valence-corrected chi connectivity index (χ4v) is 4.54. The molecule has 3 aromatic rings. The molecular formula is C20H20N2O3S2. The van der Waals surface area contributed by atoms with Gasteiger partial charge in [0.2, 0.25) is 5.91 Å². The number of thiophene rings is 1. The van der Waals surface area contributed by atoms with E-state index in [1.165, 1.54) is 23.5 Å². The van der Waals surface area contributed by atoms with E-state index in [0.717, 1.165) is 4.88 Å². The van der Waals surface area contributed by atoms with Gasteiger partial charge in [0.15, 0.2) is 0 Å². The minimum absolute atomic E-state index is 0.130. The number of rotatable bonds is 7. The standard InChI is InChI=1S/C20H20N2O3S2/c1-22(17-8-3-2-4-9-17)27(24,25)19-11-5-7-16(15-19)21-20(23)13-12-18-10-6-14-26-18/h2-11,14-15H,12-13H2,1H3,(H,21,23). The van der Waals surface area contributed by atoms with Gasteiger partial charge in [-0.1, -0.05) is 30.3 Å². The van der Waals surface area contributed by atoms with E-state index in [1.807, 2.05) is 23.6 Å². The van der Waals surface area contributed by atoms with Crippen molar-refractivity contribution in [2.45, 2.75) is 17.7 Å². The van der Waals surface area contributed by atoms with Crippen LogP contribution in [0.5, 0.6) is 0 Å². The maximum atomic E-state index is 12.9. The number of nitrogens with one attached hydrogen (secondary N) is 1. The summed E-state index contributed by atoms with van der Waals surface area (Å²) in [5.74, 6) is -0.144. The molecule has 0 fully saturated rings. The molecular weight excluding hydrogens is 380 g/mol. The Morgan fingerprint density at radius 2 is 1.81 bits per heavy atom. The highest BCUT2D eigenvalue weighted by Crippen LogP contribution is 2.23. The number of nitrogens with zero attached hydrogens (tertiary/aromatic N) is 1. The zero-order chi connectivity index (χ0) is 19.3. The molecule has 27 heavy (non-hydrogen) atoms. The molecule has 1 N–H and O–H groups in total. The van der Waals surface area contributed by atoms with E-state index in [9.17, 15) is 13.2 Å². The quantitative estimate of drug-likeness (QED) is 0.648. The van der Waals surface area contributed by atoms with Gasteiger partial charge in [0, 0.05) is 24.0 Å². The van der Waals surface area contributed by atoms with E-state index in [2.05, 4.69) is 5.32 Å². The van der Waals surface area contributed by atoms with Crippen molar-refractivity contribution < 1.29 is 13.2 Å². The van der Waals surface area contributed by atoms with Crippen LogP contribution in [0.25, 0.3) is 0 Å². The summed E-state index contributed by atoms with van der Waals surface area (Å²) in [4.78, 5) is 13.4. The Bertz CT molecular complexity index is 1000. The molecule has 0 bridgehead atoms. The average molecular weight is 401 g/mol. The molecule has 7 heteroatoms. The highest BCUT2D eigenvalue weighted by molar-refractivity contribution is 7.92. The number of hydrogen-bond acceptors (Lipinski definition) is 4. The highest BCUT2D eigenvalue weighted by Gasteiger charge is 2.21. The van der Waals surface area contributed by atoms with Gasteiger partial charge in [-0.3, -0.25) is 9.10 Å². The molecule has 3 rings (SSSR count). The molecule has 0 aliphatic heterocycles. The SMILES string of the molecule is CN(c1ccccc1)S(=O)(=O)c1cccc(NC(=O)CCc2cccs2)c1. The second kappa shape index (κ2) is 8.37. The highest BCUT2D eigenvalue weighted by atomic mass is 32.2. The van der Waals surface area contributed by atoms with E-state index < -0.39 is 10.0 Å². The number of sulfonamides is 1. The van der Waals surface area contributed by atoms with Crippen molar-refractivity contribution in [2.75, 3.05) is 16.7 Å². The summed E-state index contributed by atoms with van der Waals surface area (Å²) >= 11 is 1.61. The van der Waals surface area contributed by atoms with E-state index >= 15 is 0 Å². The lowest BCUT2D eigenvalue weighted by atomic mass is 10.2. The third-order valence-corrected chi connectivity index (χ3v) is 6.79. The van der Waals surface area contributed by atoms with Crippen molar-refractivity contribution >= 4 is 38.6 Å². The zero-order valence-electron chi connectivity index (χ0n) is 14.8. The first kappa shape index (κ1) is 19.1. The smallest absolute Gasteiger partial charge is 0.264 e. The Kier molecular flexibility index (Phi) is 5.93. The lowest BCUT2D eigenvalue weighted by molar-refractivity contribution is -0.116. The van der Waals surface area contributed by atoms with E-state index in [1.54, 1.807) is 47.7 Å². The van der Waals surface area contributed by atoms with Crippen molar-refractivity contribution in [3.63, 3.8) is 0 Å². The Morgan fingerprint density at radius 1 is 1.04 bits per heavy atom. The normalized spacial score (nSPS) is 11.1. The summed E-state index contributed by atoms with van der Waals surface area (Å²) in [6, 6.07) is 19.1. The van der Waals surface area contributed by atoms with Gasteiger partial charge >= 0.3 is 0 Å². The van der Waals surface area contributed by atoms with Crippen molar-refractivity contribution in [3.05, 3.63) is 77.0 Å². The Hall–Kier alpha value is -2.64. The minimum atomic E-state index is -3.71. The summed E-state index contributed by atoms with van der Waals surface area (Å²) in [6.07, 6.45) is 1.01. The van der Waals surface area contributed by atoms with Crippen LogP contribution < -0.4 is 9.62 Å². The van der Waals surface area contributed by atoms with Crippen LogP contribution >= 0.6 is 11.3 Å². The summed E-state index contributed by atoms with van der Waals surface area (Å²) < 4.78 is 27.0. The molecule has 5 nitrogen and oxygen atoms in total. The van der Waals surface area contributed by atoms with Crippen molar-refractivity contribution in [3.8, 4) is 0 Å². The van der Waals surface area contributed by atoms with Gasteiger partial charge in [-0.2, -0.15) is 0 Å². The largest absolute Gasteiger partial charge is 0.326 e. The van der Waals surface area contributed by atoms with Crippen molar-refractivity contribution in [1.82, 2.24) is 0 Å². The minimum Gasteiger partial charge on any atom is -0.326 e. The lowest BCUT2D eigenvalue weighted by Gasteiger charge is -2.19. The third kappa shape index (κ3) is 4.75. The van der Waals surface area contributed by atoms with Crippen LogP contribution in [-0.4, -0.2) is 21.4 Å². The van der Waals surface area contributed by atoms with Crippen LogP contribution in [0.2, 0.25) is 0 Å². The zero-order valence-corrected chi connectivity index (χ0v) is 16.5. The average Bonchev–Trinajstić information content (AvgIpc) is 3.20. The van der Waals surface area contributed by atoms with Crippen LogP contribution in [0.3, 0.4) is 0 Å². The van der Waals surface area contributed by atoms with Crippen LogP contribution in [-0.2, 0) is 21.2 Å². The number of aryl methyl sites for hydroxylation is 1. The third-order valence-electron chi connectivity index (χ3n) is 4.07. The Labute approximate surface area is 163 Å². The Balaban J connectivity index is 1.71. The summed E-state index contributed by atoms with van der Waals surface area (Å²) in [5.41, 5.74) is 1.04. The molecule has 0 radical (unpaired) electrons. The first-order valence-electron chi connectivity index (χ1n) is 8.43. The summed E-state index contributed by atoms with van der Waals surface area (Å²) in [6.45, 7) is 0. The molecule has 1 amide bonds. The van der Waals surface area contributed by atoms with E-state index in [4.69, 9.17) is 0 Å². The fraction of sp³-hybridized carbons (Fsp3) is 0.150. The van der Waals surface area contributed by atoms with Crippen LogP contribution in [0.4, 0.5) is 11.4 Å². The molecule has 0 unspecified atom stereocenters. The van der Waals surface area contributed by atoms with Crippen LogP contribution in [0, 0.1) is 0 Å². The van der Waals surface area contributed by atoms with Gasteiger partial charge in [-0.05, 0) is 48.2 Å². The molecule has 0 saturated carbocycles. The topological polar surface area (TPSA) is 66.5 Å². The van der Waals surface area contributed by atoms with E-state index in [-0.39, 0.29) is 10.8 Å². The van der Waals surface area contributed by atoms with Gasteiger partial charge in [0.25, 0.3) is 10.0 Å². The van der Waals surface area contributed by atoms with Gasteiger partial charge in [0.05, 0.1) is 10.6 Å². The predicted octanol–water partition coefficient (Wildman–Crippen LogP) is 4.14. The fourth-order valence-electron chi connectivity index (χ4n) is 2.58. The molecule has 1 heterocycles. The van der Waals surface area contributed by atoms with Gasteiger partial charge < -0.3 is 5.32 Å². The second-order valence-electron chi connectivity index (χ2n) is 5.96. The predicted molar refractivity (Wildman–Crippen MR) is 110 cm³/mol. The number of para-hydroxylation sites is 1. The maximum absolute atomic E-state index is 12.9. The molecule has 0 aliphatic carbocycles. The number of amides is 1. The number of carbonyl (C=O) groups excluding carboxylic acids is 1. The molecule has 1 aromatic heterocycles. The number of hydrogen-bond donors (Lipinski definition) is 1. The maximum Gasteiger partial charge on any atom is 0.264 e. The van der Waals surface area contributed by atoms with Crippen molar-refractivity contribution in [2.24, 2.45) is 0 Å². The van der Waals surface area contributed by atoms with Crippen molar-refractivity contribution in [1.29, 1.82) is 0 Å². The number of carbonyl (C=O) groups is 1. The summed E-state index contributed by atoms with van der Waals surface area (Å²) in [5, 5.41) is 4.76. The molecule has 0 spiro atoms. The van der Waals surface area contributed by atoms with Gasteiger partial charge in [-0.25, -0.2) is 8.42 Å². The molecule has 140 valence electrons. The lowest BCUT2D eigenvalue weighted by Crippen LogP contribution is -2.26. The number of anilines is 2.